The highest BCUT2D eigenvalue weighted by molar-refractivity contribution is 5.87. The molecule has 98 valence electrons. The molecule has 0 radical (unpaired) electrons. The van der Waals surface area contributed by atoms with Crippen LogP contribution in [0.15, 0.2) is 18.5 Å². The number of methoxy groups -OCH3 is 1. The van der Waals surface area contributed by atoms with Gasteiger partial charge in [0.15, 0.2) is 0 Å². The van der Waals surface area contributed by atoms with Crippen molar-refractivity contribution in [3.05, 3.63) is 29.9 Å². The third kappa shape index (κ3) is 4.18. The van der Waals surface area contributed by atoms with Crippen molar-refractivity contribution in [2.24, 2.45) is 7.05 Å². The maximum atomic E-state index is 11.0. The van der Waals surface area contributed by atoms with Crippen LogP contribution in [0.5, 0.6) is 0 Å². The van der Waals surface area contributed by atoms with Gasteiger partial charge in [0.2, 0.25) is 0 Å². The van der Waals surface area contributed by atoms with Gasteiger partial charge >= 0.3 is 5.97 Å². The molecule has 0 saturated heterocycles. The zero-order valence-electron chi connectivity index (χ0n) is 11.0. The summed E-state index contributed by atoms with van der Waals surface area (Å²) in [5.41, 5.74) is 0.550. The highest BCUT2D eigenvalue weighted by Crippen LogP contribution is 2.13. The minimum atomic E-state index is -0.895. The Morgan fingerprint density at radius 1 is 1.50 bits per heavy atom. The maximum Gasteiger partial charge on any atom is 0.330 e. The summed E-state index contributed by atoms with van der Waals surface area (Å²) in [6.07, 6.45) is 7.96. The van der Waals surface area contributed by atoms with Crippen LogP contribution in [0.1, 0.15) is 25.2 Å². The number of nitrogens with zero attached hydrogens (tertiary/aromatic N) is 2. The number of aliphatic hydroxyl groups is 1. The quantitative estimate of drug-likeness (QED) is 0.648. The van der Waals surface area contributed by atoms with Gasteiger partial charge in [0.25, 0.3) is 0 Å². The first-order valence-electron chi connectivity index (χ1n) is 5.52. The lowest BCUT2D eigenvalue weighted by Crippen LogP contribution is -2.13. The van der Waals surface area contributed by atoms with Crippen molar-refractivity contribution in [3.63, 3.8) is 0 Å². The molecule has 0 aromatic carbocycles. The van der Waals surface area contributed by atoms with Gasteiger partial charge in [0, 0.05) is 13.1 Å². The molecule has 0 amide bonds. The van der Waals surface area contributed by atoms with Gasteiger partial charge in [-0.15, -0.1) is 0 Å². The smallest absolute Gasteiger partial charge is 0.330 e. The van der Waals surface area contributed by atoms with Crippen LogP contribution in [0.3, 0.4) is 0 Å². The number of esters is 1. The Bertz CT molecular complexity index is 479. The molecule has 5 heteroatoms. The summed E-state index contributed by atoms with van der Waals surface area (Å²) in [6.45, 7) is 3.37. The number of ether oxygens (including phenoxy) is 1. The molecule has 18 heavy (non-hydrogen) atoms. The summed E-state index contributed by atoms with van der Waals surface area (Å²) in [5.74, 6) is -0.432. The molecule has 1 N–H and O–H groups in total. The van der Waals surface area contributed by atoms with Gasteiger partial charge in [-0.1, -0.05) is 6.08 Å². The molecule has 5 nitrogen and oxygen atoms in total. The van der Waals surface area contributed by atoms with Crippen LogP contribution >= 0.6 is 0 Å². The zero-order chi connectivity index (χ0) is 13.8. The molecule has 1 rings (SSSR count). The summed E-state index contributed by atoms with van der Waals surface area (Å²) in [5, 5.41) is 9.65. The average Bonchev–Trinajstić information content (AvgIpc) is 2.63. The Kier molecular flexibility index (Phi) is 4.44. The second-order valence-corrected chi connectivity index (χ2v) is 4.47. The predicted octanol–water partition coefficient (Wildman–Crippen LogP) is 1.39. The molecule has 1 aromatic rings. The SMILES string of the molecule is COC(=O)C=Cc1ncn(C)c1C=CC(C)(C)O. The Morgan fingerprint density at radius 2 is 2.17 bits per heavy atom. The number of hydrogen-bond donors (Lipinski definition) is 1. The molecule has 0 fully saturated rings. The Morgan fingerprint density at radius 3 is 2.72 bits per heavy atom. The summed E-state index contributed by atoms with van der Waals surface area (Å²) < 4.78 is 6.32. The third-order valence-electron chi connectivity index (χ3n) is 2.24. The molecule has 0 aliphatic rings. The van der Waals surface area contributed by atoms with Crippen LogP contribution < -0.4 is 0 Å². The first-order valence-corrected chi connectivity index (χ1v) is 5.52. The summed E-state index contributed by atoms with van der Waals surface area (Å²) in [6, 6.07) is 0. The van der Waals surface area contributed by atoms with Gasteiger partial charge in [0.05, 0.1) is 30.4 Å². The van der Waals surface area contributed by atoms with Crippen LogP contribution in [-0.2, 0) is 16.6 Å². The Hall–Kier alpha value is -1.88. The highest BCUT2D eigenvalue weighted by atomic mass is 16.5. The van der Waals surface area contributed by atoms with E-state index in [9.17, 15) is 9.90 Å². The van der Waals surface area contributed by atoms with Crippen LogP contribution in [0, 0.1) is 0 Å². The number of aromatic nitrogens is 2. The minimum absolute atomic E-state index is 0.432. The molecule has 0 bridgehead atoms. The summed E-state index contributed by atoms with van der Waals surface area (Å²) >= 11 is 0. The first kappa shape index (κ1) is 14.2. The molecule has 0 unspecified atom stereocenters. The van der Waals surface area contributed by atoms with Crippen molar-refractivity contribution in [3.8, 4) is 0 Å². The fourth-order valence-corrected chi connectivity index (χ4v) is 1.29. The zero-order valence-corrected chi connectivity index (χ0v) is 11.0. The minimum Gasteiger partial charge on any atom is -0.466 e. The first-order chi connectivity index (χ1) is 8.33. The molecular weight excluding hydrogens is 232 g/mol. The van der Waals surface area contributed by atoms with E-state index in [2.05, 4.69) is 9.72 Å². The second-order valence-electron chi connectivity index (χ2n) is 4.47. The number of hydrogen-bond acceptors (Lipinski definition) is 4. The third-order valence-corrected chi connectivity index (χ3v) is 2.24. The molecular formula is C13H18N2O3. The predicted molar refractivity (Wildman–Crippen MR) is 69.6 cm³/mol. The van der Waals surface area contributed by atoms with Crippen molar-refractivity contribution in [1.29, 1.82) is 0 Å². The normalized spacial score (nSPS) is 12.5. The van der Waals surface area contributed by atoms with Crippen molar-refractivity contribution >= 4 is 18.1 Å². The maximum absolute atomic E-state index is 11.0. The lowest BCUT2D eigenvalue weighted by molar-refractivity contribution is -0.134. The van der Waals surface area contributed by atoms with Gasteiger partial charge in [-0.25, -0.2) is 9.78 Å². The largest absolute Gasteiger partial charge is 0.466 e. The molecule has 1 heterocycles. The van der Waals surface area contributed by atoms with Gasteiger partial charge < -0.3 is 14.4 Å². The molecule has 0 saturated carbocycles. The van der Waals surface area contributed by atoms with E-state index >= 15 is 0 Å². The molecule has 0 aliphatic carbocycles. The lowest BCUT2D eigenvalue weighted by atomic mass is 10.1. The van der Waals surface area contributed by atoms with E-state index in [-0.39, 0.29) is 0 Å². The van der Waals surface area contributed by atoms with E-state index in [1.165, 1.54) is 13.2 Å². The number of imidazole rings is 1. The second kappa shape index (κ2) is 5.64. The Labute approximate surface area is 106 Å². The number of aryl methyl sites for hydroxylation is 1. The van der Waals surface area contributed by atoms with E-state index in [0.717, 1.165) is 5.69 Å². The fourth-order valence-electron chi connectivity index (χ4n) is 1.29. The van der Waals surface area contributed by atoms with E-state index in [1.54, 1.807) is 43.0 Å². The molecule has 0 aliphatic heterocycles. The van der Waals surface area contributed by atoms with Crippen LogP contribution in [-0.4, -0.2) is 33.3 Å². The summed E-state index contributed by atoms with van der Waals surface area (Å²) in [7, 11) is 3.16. The van der Waals surface area contributed by atoms with E-state index in [4.69, 9.17) is 0 Å². The molecule has 0 spiro atoms. The van der Waals surface area contributed by atoms with Crippen LogP contribution in [0.4, 0.5) is 0 Å². The molecule has 0 atom stereocenters. The number of carbonyl (C=O) groups excluding carboxylic acids is 1. The topological polar surface area (TPSA) is 64.3 Å². The number of carbonyl (C=O) groups is 1. The van der Waals surface area contributed by atoms with Gasteiger partial charge in [-0.05, 0) is 26.0 Å². The van der Waals surface area contributed by atoms with Gasteiger partial charge in [-0.2, -0.15) is 0 Å². The number of rotatable bonds is 4. The van der Waals surface area contributed by atoms with Crippen LogP contribution in [0.25, 0.3) is 12.2 Å². The average molecular weight is 250 g/mol. The van der Waals surface area contributed by atoms with Gasteiger partial charge in [0.1, 0.15) is 0 Å². The Balaban J connectivity index is 2.99. The standard InChI is InChI=1S/C13H18N2O3/c1-13(2,17)8-7-11-10(14-9-15(11)3)5-6-12(16)18-4/h5-9,17H,1-4H3. The van der Waals surface area contributed by atoms with Crippen molar-refractivity contribution in [2.45, 2.75) is 19.4 Å². The van der Waals surface area contributed by atoms with E-state index in [0.29, 0.717) is 5.69 Å². The van der Waals surface area contributed by atoms with E-state index < -0.39 is 11.6 Å². The van der Waals surface area contributed by atoms with Crippen molar-refractivity contribution in [2.75, 3.05) is 7.11 Å². The summed E-state index contributed by atoms with van der Waals surface area (Å²) in [4.78, 5) is 15.2. The monoisotopic (exact) mass is 250 g/mol. The van der Waals surface area contributed by atoms with Crippen LogP contribution in [0.2, 0.25) is 0 Å². The highest BCUT2D eigenvalue weighted by Gasteiger charge is 2.09. The van der Waals surface area contributed by atoms with E-state index in [1.807, 2.05) is 7.05 Å². The fraction of sp³-hybridized carbons (Fsp3) is 0.385. The van der Waals surface area contributed by atoms with Crippen molar-refractivity contribution < 1.29 is 14.6 Å². The molecule has 1 aromatic heterocycles. The lowest BCUT2D eigenvalue weighted by Gasteiger charge is -2.10. The van der Waals surface area contributed by atoms with Crippen molar-refractivity contribution in [1.82, 2.24) is 9.55 Å². The van der Waals surface area contributed by atoms with Gasteiger partial charge in [-0.3, -0.25) is 0 Å².